The fourth-order valence-corrected chi connectivity index (χ4v) is 2.48. The summed E-state index contributed by atoms with van der Waals surface area (Å²) in [6.45, 7) is 14.5. The molecule has 0 atom stereocenters. The van der Waals surface area contributed by atoms with E-state index in [4.69, 9.17) is 0 Å². The Morgan fingerprint density at radius 3 is 2.11 bits per heavy atom. The van der Waals surface area contributed by atoms with E-state index in [1.54, 1.807) is 0 Å². The van der Waals surface area contributed by atoms with Gasteiger partial charge in [-0.2, -0.15) is 0 Å². The second-order valence-electron chi connectivity index (χ2n) is 5.82. The summed E-state index contributed by atoms with van der Waals surface area (Å²) < 4.78 is 0. The molecule has 1 N–H and O–H groups in total. The molecule has 0 saturated carbocycles. The van der Waals surface area contributed by atoms with Gasteiger partial charge in [-0.15, -0.1) is 0 Å². The number of hydrogen-bond donors (Lipinski definition) is 1. The molecule has 1 aromatic rings. The van der Waals surface area contributed by atoms with E-state index in [9.17, 15) is 0 Å². The molecule has 0 heterocycles. The van der Waals surface area contributed by atoms with Crippen molar-refractivity contribution in [2.75, 3.05) is 6.54 Å². The first-order chi connectivity index (χ1) is 8.45. The molecule has 0 unspecified atom stereocenters. The lowest BCUT2D eigenvalue weighted by atomic mass is 9.75. The Kier molecular flexibility index (Phi) is 5.40. The molecule has 0 radical (unpaired) electrons. The molecule has 18 heavy (non-hydrogen) atoms. The molecule has 0 aliphatic heterocycles. The van der Waals surface area contributed by atoms with E-state index < -0.39 is 0 Å². The van der Waals surface area contributed by atoms with E-state index in [-0.39, 0.29) is 5.41 Å². The molecule has 0 amide bonds. The lowest BCUT2D eigenvalue weighted by Gasteiger charge is -2.34. The molecule has 0 saturated heterocycles. The Morgan fingerprint density at radius 2 is 1.67 bits per heavy atom. The average molecular weight is 247 g/mol. The highest BCUT2D eigenvalue weighted by Gasteiger charge is 2.28. The number of nitrogens with one attached hydrogen (secondary N) is 1. The molecule has 1 nitrogen and oxygen atoms in total. The Morgan fingerprint density at radius 1 is 1.06 bits per heavy atom. The number of aryl methyl sites for hydroxylation is 2. The van der Waals surface area contributed by atoms with E-state index in [0.29, 0.717) is 6.04 Å². The first kappa shape index (κ1) is 15.2. The lowest BCUT2D eigenvalue weighted by Crippen LogP contribution is -2.40. The predicted molar refractivity (Wildman–Crippen MR) is 81.3 cm³/mol. The minimum absolute atomic E-state index is 0.280. The molecule has 0 spiro atoms. The third kappa shape index (κ3) is 3.35. The molecule has 1 heteroatoms. The minimum Gasteiger partial charge on any atom is -0.314 e. The van der Waals surface area contributed by atoms with E-state index in [2.05, 4.69) is 65.1 Å². The van der Waals surface area contributed by atoms with Crippen molar-refractivity contribution in [3.63, 3.8) is 0 Å². The Hall–Kier alpha value is -0.820. The van der Waals surface area contributed by atoms with Crippen molar-refractivity contribution < 1.29 is 0 Å². The van der Waals surface area contributed by atoms with E-state index >= 15 is 0 Å². The summed E-state index contributed by atoms with van der Waals surface area (Å²) in [6, 6.07) is 7.51. The van der Waals surface area contributed by atoms with Crippen LogP contribution in [0.3, 0.4) is 0 Å². The Balaban J connectivity index is 3.05. The zero-order chi connectivity index (χ0) is 13.8. The van der Waals surface area contributed by atoms with Crippen molar-refractivity contribution in [2.24, 2.45) is 0 Å². The standard InChI is InChI=1S/C17H29N/c1-7-17(8-2,12-18-13(3)4)16-10-9-14(5)15(6)11-16/h9-11,13,18H,7-8,12H2,1-6H3. The van der Waals surface area contributed by atoms with Crippen molar-refractivity contribution in [3.05, 3.63) is 34.9 Å². The third-order valence-electron chi connectivity index (χ3n) is 4.32. The second-order valence-corrected chi connectivity index (χ2v) is 5.82. The van der Waals surface area contributed by atoms with E-state index in [0.717, 1.165) is 6.54 Å². The van der Waals surface area contributed by atoms with Crippen LogP contribution in [0.4, 0.5) is 0 Å². The number of rotatable bonds is 6. The summed E-state index contributed by atoms with van der Waals surface area (Å²) in [5.41, 5.74) is 4.56. The van der Waals surface area contributed by atoms with Crippen molar-refractivity contribution >= 4 is 0 Å². The Labute approximate surface area is 113 Å². The molecule has 1 rings (SSSR count). The molecule has 0 bridgehead atoms. The highest BCUT2D eigenvalue weighted by atomic mass is 14.9. The van der Waals surface area contributed by atoms with E-state index in [1.807, 2.05) is 0 Å². The Bertz CT molecular complexity index is 375. The van der Waals surface area contributed by atoms with Gasteiger partial charge < -0.3 is 5.32 Å². The van der Waals surface area contributed by atoms with Gasteiger partial charge in [-0.1, -0.05) is 45.9 Å². The fourth-order valence-electron chi connectivity index (χ4n) is 2.48. The van der Waals surface area contributed by atoms with Crippen molar-refractivity contribution in [1.82, 2.24) is 5.32 Å². The highest BCUT2D eigenvalue weighted by Crippen LogP contribution is 2.32. The summed E-state index contributed by atoms with van der Waals surface area (Å²) in [5.74, 6) is 0. The maximum Gasteiger partial charge on any atom is 0.00727 e. The summed E-state index contributed by atoms with van der Waals surface area (Å²) >= 11 is 0. The maximum atomic E-state index is 3.62. The van der Waals surface area contributed by atoms with Crippen LogP contribution in [0.5, 0.6) is 0 Å². The van der Waals surface area contributed by atoms with Crippen LogP contribution in [0.15, 0.2) is 18.2 Å². The molecule has 102 valence electrons. The third-order valence-corrected chi connectivity index (χ3v) is 4.32. The zero-order valence-electron chi connectivity index (χ0n) is 12.9. The van der Waals surface area contributed by atoms with Crippen LogP contribution in [0, 0.1) is 13.8 Å². The molecular weight excluding hydrogens is 218 g/mol. The lowest BCUT2D eigenvalue weighted by molar-refractivity contribution is 0.354. The van der Waals surface area contributed by atoms with Crippen LogP contribution in [-0.2, 0) is 5.41 Å². The zero-order valence-corrected chi connectivity index (χ0v) is 12.9. The average Bonchev–Trinajstić information content (AvgIpc) is 2.35. The van der Waals surface area contributed by atoms with Gasteiger partial charge in [-0.3, -0.25) is 0 Å². The maximum absolute atomic E-state index is 3.62. The van der Waals surface area contributed by atoms with Crippen LogP contribution in [0.25, 0.3) is 0 Å². The largest absolute Gasteiger partial charge is 0.314 e. The van der Waals surface area contributed by atoms with Crippen molar-refractivity contribution in [1.29, 1.82) is 0 Å². The van der Waals surface area contributed by atoms with Gasteiger partial charge in [0.1, 0.15) is 0 Å². The first-order valence-corrected chi connectivity index (χ1v) is 7.26. The normalized spacial score (nSPS) is 12.2. The predicted octanol–water partition coefficient (Wildman–Crippen LogP) is 4.36. The fraction of sp³-hybridized carbons (Fsp3) is 0.647. The number of hydrogen-bond acceptors (Lipinski definition) is 1. The van der Waals surface area contributed by atoms with Gasteiger partial charge in [0.25, 0.3) is 0 Å². The topological polar surface area (TPSA) is 12.0 Å². The smallest absolute Gasteiger partial charge is 0.00727 e. The monoisotopic (exact) mass is 247 g/mol. The summed E-state index contributed by atoms with van der Waals surface area (Å²) in [4.78, 5) is 0. The van der Waals surface area contributed by atoms with Crippen LogP contribution in [0.1, 0.15) is 57.2 Å². The van der Waals surface area contributed by atoms with Crippen LogP contribution in [-0.4, -0.2) is 12.6 Å². The van der Waals surface area contributed by atoms with Gasteiger partial charge in [-0.05, 0) is 43.4 Å². The van der Waals surface area contributed by atoms with Crippen LogP contribution in [0.2, 0.25) is 0 Å². The molecule has 0 aromatic heterocycles. The van der Waals surface area contributed by atoms with Gasteiger partial charge in [0.15, 0.2) is 0 Å². The molecule has 0 aliphatic carbocycles. The first-order valence-electron chi connectivity index (χ1n) is 7.26. The van der Waals surface area contributed by atoms with Crippen LogP contribution >= 0.6 is 0 Å². The van der Waals surface area contributed by atoms with Gasteiger partial charge in [0, 0.05) is 18.0 Å². The SMILES string of the molecule is CCC(CC)(CNC(C)C)c1ccc(C)c(C)c1. The summed E-state index contributed by atoms with van der Waals surface area (Å²) in [6.07, 6.45) is 2.37. The van der Waals surface area contributed by atoms with Crippen molar-refractivity contribution in [2.45, 2.75) is 65.8 Å². The van der Waals surface area contributed by atoms with Gasteiger partial charge in [0.05, 0.1) is 0 Å². The molecule has 0 aliphatic rings. The summed E-state index contributed by atoms with van der Waals surface area (Å²) in [5, 5.41) is 3.62. The minimum atomic E-state index is 0.280. The van der Waals surface area contributed by atoms with Gasteiger partial charge in [-0.25, -0.2) is 0 Å². The van der Waals surface area contributed by atoms with Gasteiger partial charge in [0.2, 0.25) is 0 Å². The quantitative estimate of drug-likeness (QED) is 0.787. The molecule has 0 fully saturated rings. The van der Waals surface area contributed by atoms with E-state index in [1.165, 1.54) is 29.5 Å². The highest BCUT2D eigenvalue weighted by molar-refractivity contribution is 5.35. The van der Waals surface area contributed by atoms with Crippen molar-refractivity contribution in [3.8, 4) is 0 Å². The molecule has 1 aromatic carbocycles. The summed E-state index contributed by atoms with van der Waals surface area (Å²) in [7, 11) is 0. The second kappa shape index (κ2) is 6.38. The van der Waals surface area contributed by atoms with Crippen LogP contribution < -0.4 is 5.32 Å². The van der Waals surface area contributed by atoms with Gasteiger partial charge >= 0.3 is 0 Å². The number of benzene rings is 1. The molecular formula is C17H29N.